The summed E-state index contributed by atoms with van der Waals surface area (Å²) in [4.78, 5) is 29.8. The number of anilines is 2. The number of hydrogen-bond acceptors (Lipinski definition) is 9. The fourth-order valence-electron chi connectivity index (χ4n) is 6.55. The predicted octanol–water partition coefficient (Wildman–Crippen LogP) is 4.73. The molecule has 2 saturated heterocycles. The van der Waals surface area contributed by atoms with Crippen molar-refractivity contribution in [2.75, 3.05) is 62.8 Å². The Labute approximate surface area is 285 Å². The van der Waals surface area contributed by atoms with Gasteiger partial charge in [-0.2, -0.15) is 28.4 Å². The van der Waals surface area contributed by atoms with E-state index in [1.807, 2.05) is 27.5 Å². The van der Waals surface area contributed by atoms with Gasteiger partial charge in [0, 0.05) is 51.4 Å². The van der Waals surface area contributed by atoms with E-state index < -0.39 is 21.7 Å². The SMILES string of the molecule is C=CC(=O)N1CCN(c2nc(OC[C@@H]3C[C@@H](OC)CN3CC)nc3c2CCN(c2cccc(Cl)c2C(F)(F)F)C3)C[C@@H]1[C@@H](I)C#N. The number of likely N-dealkylation sites (tertiary alicyclic amines) is 1. The van der Waals surface area contributed by atoms with Crippen molar-refractivity contribution in [2.24, 2.45) is 0 Å². The number of hydrogen-bond donors (Lipinski definition) is 0. The smallest absolute Gasteiger partial charge is 0.419 e. The summed E-state index contributed by atoms with van der Waals surface area (Å²) in [7, 11) is 1.69. The molecule has 5 rings (SSSR count). The topological polar surface area (TPSA) is 98.1 Å². The van der Waals surface area contributed by atoms with E-state index in [1.54, 1.807) is 16.9 Å². The number of nitriles is 1. The zero-order valence-corrected chi connectivity index (χ0v) is 28.6. The molecule has 2 fully saturated rings. The van der Waals surface area contributed by atoms with E-state index in [0.29, 0.717) is 44.2 Å². The molecule has 46 heavy (non-hydrogen) atoms. The van der Waals surface area contributed by atoms with E-state index in [0.717, 1.165) is 25.1 Å². The summed E-state index contributed by atoms with van der Waals surface area (Å²) in [6.07, 6.45) is -2.14. The Balaban J connectivity index is 1.50. The molecule has 4 heterocycles. The van der Waals surface area contributed by atoms with Gasteiger partial charge in [-0.05, 0) is 37.6 Å². The van der Waals surface area contributed by atoms with E-state index >= 15 is 0 Å². The van der Waals surface area contributed by atoms with Gasteiger partial charge in [-0.15, -0.1) is 0 Å². The maximum atomic E-state index is 14.1. The van der Waals surface area contributed by atoms with Crippen LogP contribution in [0.3, 0.4) is 0 Å². The minimum absolute atomic E-state index is 0.0122. The summed E-state index contributed by atoms with van der Waals surface area (Å²) >= 11 is 8.10. The van der Waals surface area contributed by atoms with Gasteiger partial charge < -0.3 is 24.2 Å². The number of carbonyl (C=O) groups excluding carboxylic acids is 1. The van der Waals surface area contributed by atoms with Gasteiger partial charge >= 0.3 is 12.2 Å². The van der Waals surface area contributed by atoms with Crippen LogP contribution in [0, 0.1) is 11.3 Å². The summed E-state index contributed by atoms with van der Waals surface area (Å²) in [6, 6.07) is 6.22. The van der Waals surface area contributed by atoms with Crippen molar-refractivity contribution in [3.63, 3.8) is 0 Å². The zero-order valence-electron chi connectivity index (χ0n) is 25.6. The number of piperazine rings is 1. The summed E-state index contributed by atoms with van der Waals surface area (Å²) in [6.45, 7) is 9.11. The lowest BCUT2D eigenvalue weighted by atomic mass is 10.0. The number of benzene rings is 1. The third kappa shape index (κ3) is 7.17. The van der Waals surface area contributed by atoms with Crippen molar-refractivity contribution in [1.29, 1.82) is 5.26 Å². The first kappa shape index (κ1) is 34.5. The number of fused-ring (bicyclic) bond motifs is 1. The number of nitrogens with zero attached hydrogens (tertiary/aromatic N) is 7. The van der Waals surface area contributed by atoms with Crippen molar-refractivity contribution >= 4 is 51.6 Å². The monoisotopic (exact) mass is 773 g/mol. The van der Waals surface area contributed by atoms with E-state index in [4.69, 9.17) is 31.0 Å². The molecule has 1 amide bonds. The van der Waals surface area contributed by atoms with Gasteiger partial charge in [-0.25, -0.2) is 0 Å². The minimum atomic E-state index is -4.64. The summed E-state index contributed by atoms with van der Waals surface area (Å²) in [5.41, 5.74) is 0.468. The highest BCUT2D eigenvalue weighted by Crippen LogP contribution is 2.43. The van der Waals surface area contributed by atoms with Crippen LogP contribution in [0.5, 0.6) is 6.01 Å². The number of carbonyl (C=O) groups is 1. The van der Waals surface area contributed by atoms with Crippen molar-refractivity contribution in [1.82, 2.24) is 19.8 Å². The maximum Gasteiger partial charge on any atom is 0.419 e. The van der Waals surface area contributed by atoms with Crippen LogP contribution in [0.2, 0.25) is 5.02 Å². The second-order valence-corrected chi connectivity index (χ2v) is 13.2. The molecule has 0 spiro atoms. The summed E-state index contributed by atoms with van der Waals surface area (Å²) in [5, 5.41) is 9.38. The standard InChI is InChI=1S/C31H36ClF3IN7O3/c1-4-27(44)43-12-11-42(17-26(43)23(36)14-37)29-21-9-10-41(25-8-6-7-22(32)28(25)31(33,34)35)16-24(21)38-30(39-29)46-18-19-13-20(45-3)15-40(19)5-2/h4,6-8,19-20,23,26H,1,5,9-13,15-18H2,2-3H3/t19-,20+,23-,26+/m0/s1. The number of rotatable bonds is 9. The average Bonchev–Trinajstić information content (AvgIpc) is 3.47. The van der Waals surface area contributed by atoms with Crippen LogP contribution in [0.15, 0.2) is 30.9 Å². The molecule has 4 atom stereocenters. The van der Waals surface area contributed by atoms with Crippen LogP contribution < -0.4 is 14.5 Å². The van der Waals surface area contributed by atoms with Crippen molar-refractivity contribution in [2.45, 2.75) is 54.6 Å². The Morgan fingerprint density at radius 2 is 2.04 bits per heavy atom. The molecule has 248 valence electrons. The van der Waals surface area contributed by atoms with Crippen molar-refractivity contribution in [3.05, 3.63) is 52.7 Å². The largest absolute Gasteiger partial charge is 0.462 e. The second-order valence-electron chi connectivity index (χ2n) is 11.5. The highest BCUT2D eigenvalue weighted by Gasteiger charge is 2.40. The highest BCUT2D eigenvalue weighted by atomic mass is 127. The Morgan fingerprint density at radius 3 is 2.72 bits per heavy atom. The zero-order chi connectivity index (χ0) is 33.2. The molecule has 0 radical (unpaired) electrons. The number of alkyl halides is 4. The Morgan fingerprint density at radius 1 is 1.26 bits per heavy atom. The first-order chi connectivity index (χ1) is 22.0. The number of halogens is 5. The molecule has 1 aromatic carbocycles. The van der Waals surface area contributed by atoms with Crippen molar-refractivity contribution in [3.8, 4) is 12.1 Å². The van der Waals surface area contributed by atoms with Crippen LogP contribution >= 0.6 is 34.2 Å². The molecule has 10 nitrogen and oxygen atoms in total. The molecule has 0 saturated carbocycles. The van der Waals surface area contributed by atoms with E-state index in [9.17, 15) is 23.2 Å². The average molecular weight is 774 g/mol. The van der Waals surface area contributed by atoms with Gasteiger partial charge in [0.15, 0.2) is 0 Å². The number of likely N-dealkylation sites (N-methyl/N-ethyl adjacent to an activating group) is 1. The highest BCUT2D eigenvalue weighted by molar-refractivity contribution is 14.1. The Hall–Kier alpha value is -2.87. The number of aromatic nitrogens is 2. The molecule has 0 unspecified atom stereocenters. The third-order valence-electron chi connectivity index (χ3n) is 8.91. The normalized spacial score (nSPS) is 22.7. The molecule has 0 N–H and O–H groups in total. The van der Waals surface area contributed by atoms with E-state index in [-0.39, 0.29) is 47.9 Å². The first-order valence-electron chi connectivity index (χ1n) is 15.1. The van der Waals surface area contributed by atoms with E-state index in [1.165, 1.54) is 24.3 Å². The number of amides is 1. The predicted molar refractivity (Wildman–Crippen MR) is 177 cm³/mol. The summed E-state index contributed by atoms with van der Waals surface area (Å²) < 4.78 is 53.6. The van der Waals surface area contributed by atoms with Gasteiger partial charge in [0.05, 0.1) is 46.7 Å². The molecule has 0 bridgehead atoms. The molecule has 1 aromatic heterocycles. The Bertz CT molecular complexity index is 1490. The number of methoxy groups -OCH3 is 1. The van der Waals surface area contributed by atoms with Crippen LogP contribution in [0.1, 0.15) is 30.2 Å². The molecule has 2 aromatic rings. The van der Waals surface area contributed by atoms with Crippen LogP contribution in [-0.2, 0) is 28.7 Å². The lowest BCUT2D eigenvalue weighted by molar-refractivity contribution is -0.137. The van der Waals surface area contributed by atoms with Gasteiger partial charge in [-0.3, -0.25) is 9.69 Å². The minimum Gasteiger partial charge on any atom is -0.462 e. The van der Waals surface area contributed by atoms with Gasteiger partial charge in [0.1, 0.15) is 16.3 Å². The van der Waals surface area contributed by atoms with E-state index in [2.05, 4.69) is 24.5 Å². The number of ether oxygens (including phenoxy) is 2. The quantitative estimate of drug-likeness (QED) is 0.204. The molecule has 3 aliphatic rings. The fourth-order valence-corrected chi connectivity index (χ4v) is 7.44. The van der Waals surface area contributed by atoms with Crippen LogP contribution in [0.25, 0.3) is 0 Å². The molecular weight excluding hydrogens is 738 g/mol. The van der Waals surface area contributed by atoms with Crippen LogP contribution in [-0.4, -0.2) is 101 Å². The van der Waals surface area contributed by atoms with Gasteiger partial charge in [0.2, 0.25) is 5.91 Å². The fraction of sp³-hybridized carbons (Fsp3) is 0.548. The van der Waals surface area contributed by atoms with Gasteiger partial charge in [0.25, 0.3) is 0 Å². The van der Waals surface area contributed by atoms with Gasteiger partial charge in [-0.1, -0.05) is 53.8 Å². The third-order valence-corrected chi connectivity index (χ3v) is 10.3. The van der Waals surface area contributed by atoms with Crippen LogP contribution in [0.4, 0.5) is 24.7 Å². The molecule has 15 heteroatoms. The first-order valence-corrected chi connectivity index (χ1v) is 16.7. The molecule has 3 aliphatic heterocycles. The Kier molecular flexibility index (Phi) is 10.9. The second kappa shape index (κ2) is 14.5. The lowest BCUT2D eigenvalue weighted by Gasteiger charge is -2.43. The maximum absolute atomic E-state index is 14.1. The lowest BCUT2D eigenvalue weighted by Crippen LogP contribution is -2.58. The molecule has 0 aliphatic carbocycles. The summed E-state index contributed by atoms with van der Waals surface area (Å²) in [5.74, 6) is 0.354. The molecular formula is C31H36ClF3IN7O3. The van der Waals surface area contributed by atoms with Crippen molar-refractivity contribution < 1.29 is 27.4 Å².